The van der Waals surface area contributed by atoms with Crippen LogP contribution in [0.25, 0.3) is 0 Å². The predicted octanol–water partition coefficient (Wildman–Crippen LogP) is 4.12. The fourth-order valence-electron chi connectivity index (χ4n) is 3.45. The van der Waals surface area contributed by atoms with Crippen LogP contribution in [0.2, 0.25) is 0 Å². The molecule has 0 fully saturated rings. The van der Waals surface area contributed by atoms with Gasteiger partial charge in [0.2, 0.25) is 10.0 Å². The highest BCUT2D eigenvalue weighted by Gasteiger charge is 2.34. The third-order valence-electron chi connectivity index (χ3n) is 4.85. The maximum atomic E-state index is 13.2. The molecule has 0 saturated carbocycles. The molecule has 1 amide bonds. The molecule has 0 saturated heterocycles. The minimum Gasteiger partial charge on any atom is -0.497 e. The molecule has 0 spiro atoms. The minimum absolute atomic E-state index is 0.170. The molecule has 0 aliphatic carbocycles. The Morgan fingerprint density at radius 3 is 2.58 bits per heavy atom. The quantitative estimate of drug-likeness (QED) is 0.606. The number of nitrogens with zero attached hydrogens (tertiary/aromatic N) is 2. The van der Waals surface area contributed by atoms with Gasteiger partial charge in [-0.15, -0.1) is 11.3 Å². The van der Waals surface area contributed by atoms with Gasteiger partial charge in [0, 0.05) is 12.1 Å². The molecule has 7 nitrogen and oxygen atoms in total. The molecule has 4 rings (SSSR count). The molecule has 1 aliphatic rings. The van der Waals surface area contributed by atoms with Crippen molar-refractivity contribution in [3.63, 3.8) is 0 Å². The number of anilines is 1. The summed E-state index contributed by atoms with van der Waals surface area (Å²) in [5.74, 6) is 0.565. The van der Waals surface area contributed by atoms with Crippen LogP contribution in [0.5, 0.6) is 5.75 Å². The number of carbonyl (C=O) groups is 1. The smallest absolute Gasteiger partial charge is 0.284 e. The Kier molecular flexibility index (Phi) is 5.79. The lowest BCUT2D eigenvalue weighted by atomic mass is 9.98. The molecule has 1 N–H and O–H groups in total. The number of benzene rings is 2. The van der Waals surface area contributed by atoms with Gasteiger partial charge in [-0.1, -0.05) is 30.3 Å². The first-order valence-electron chi connectivity index (χ1n) is 9.51. The van der Waals surface area contributed by atoms with Crippen LogP contribution in [-0.4, -0.2) is 38.4 Å². The second kappa shape index (κ2) is 8.52. The Morgan fingerprint density at radius 2 is 1.94 bits per heavy atom. The summed E-state index contributed by atoms with van der Waals surface area (Å²) in [6.07, 6.45) is 1.61. The Hall–Kier alpha value is -3.17. The van der Waals surface area contributed by atoms with E-state index >= 15 is 0 Å². The van der Waals surface area contributed by atoms with E-state index in [9.17, 15) is 13.2 Å². The van der Waals surface area contributed by atoms with Gasteiger partial charge in [0.05, 0.1) is 30.0 Å². The first-order valence-corrected chi connectivity index (χ1v) is 12.3. The van der Waals surface area contributed by atoms with Crippen molar-refractivity contribution in [1.82, 2.24) is 5.01 Å². The third-order valence-corrected chi connectivity index (χ3v) is 6.31. The van der Waals surface area contributed by atoms with Crippen molar-refractivity contribution in [3.05, 3.63) is 82.0 Å². The summed E-state index contributed by atoms with van der Waals surface area (Å²) in [6, 6.07) is 17.9. The molecular weight excluding hydrogens is 434 g/mol. The maximum absolute atomic E-state index is 13.2. The molecule has 0 unspecified atom stereocenters. The standard InChI is InChI=1S/C22H21N3O4S2/c1-29-18-10-8-15(9-11-18)20-14-19(23-25(20)22(26)21-7-4-12-30-21)16-5-3-6-17(13-16)24-31(2,27)28/h3-13,20,24H,14H2,1-2H3/t20-/m0/s1. The number of methoxy groups -OCH3 is 1. The Morgan fingerprint density at radius 1 is 1.16 bits per heavy atom. The molecule has 160 valence electrons. The summed E-state index contributed by atoms with van der Waals surface area (Å²) in [5, 5.41) is 8.02. The molecule has 2 aromatic carbocycles. The van der Waals surface area contributed by atoms with E-state index in [1.807, 2.05) is 41.8 Å². The Bertz CT molecular complexity index is 1220. The lowest BCUT2D eigenvalue weighted by Crippen LogP contribution is -2.26. The molecule has 9 heteroatoms. The van der Waals surface area contributed by atoms with Gasteiger partial charge in [-0.25, -0.2) is 13.4 Å². The van der Waals surface area contributed by atoms with Crippen molar-refractivity contribution < 1.29 is 17.9 Å². The zero-order valence-corrected chi connectivity index (χ0v) is 18.6. The lowest BCUT2D eigenvalue weighted by Gasteiger charge is -2.21. The highest BCUT2D eigenvalue weighted by Crippen LogP contribution is 2.35. The van der Waals surface area contributed by atoms with Gasteiger partial charge in [0.1, 0.15) is 5.75 Å². The number of sulfonamides is 1. The van der Waals surface area contributed by atoms with Crippen molar-refractivity contribution in [2.45, 2.75) is 12.5 Å². The van der Waals surface area contributed by atoms with Crippen molar-refractivity contribution in [1.29, 1.82) is 0 Å². The number of rotatable bonds is 6. The van der Waals surface area contributed by atoms with Crippen LogP contribution in [0.4, 0.5) is 5.69 Å². The van der Waals surface area contributed by atoms with E-state index < -0.39 is 10.0 Å². The van der Waals surface area contributed by atoms with Gasteiger partial charge in [0.25, 0.3) is 5.91 Å². The summed E-state index contributed by atoms with van der Waals surface area (Å²) in [5.41, 5.74) is 2.86. The SMILES string of the molecule is COc1ccc([C@@H]2CC(c3cccc(NS(C)(=O)=O)c3)=NN2C(=O)c2cccs2)cc1. The van der Waals surface area contributed by atoms with Crippen LogP contribution >= 0.6 is 11.3 Å². The summed E-state index contributed by atoms with van der Waals surface area (Å²) in [4.78, 5) is 13.8. The third kappa shape index (κ3) is 4.78. The molecule has 1 atom stereocenters. The Labute approximate surface area is 185 Å². The average Bonchev–Trinajstić information content (AvgIpc) is 3.43. The second-order valence-electron chi connectivity index (χ2n) is 7.12. The van der Waals surface area contributed by atoms with Crippen molar-refractivity contribution in [2.24, 2.45) is 5.10 Å². The minimum atomic E-state index is -3.40. The van der Waals surface area contributed by atoms with Crippen LogP contribution in [-0.2, 0) is 10.0 Å². The second-order valence-corrected chi connectivity index (χ2v) is 9.82. The molecular formula is C22H21N3O4S2. The summed E-state index contributed by atoms with van der Waals surface area (Å²) in [6.45, 7) is 0. The number of ether oxygens (including phenoxy) is 1. The monoisotopic (exact) mass is 455 g/mol. The Balaban J connectivity index is 1.70. The number of hydrazone groups is 1. The van der Waals surface area contributed by atoms with Crippen molar-refractivity contribution in [2.75, 3.05) is 18.1 Å². The number of amides is 1. The topological polar surface area (TPSA) is 88.1 Å². The normalized spacial score (nSPS) is 16.1. The van der Waals surface area contributed by atoms with E-state index in [-0.39, 0.29) is 11.9 Å². The fraction of sp³-hybridized carbons (Fsp3) is 0.182. The van der Waals surface area contributed by atoms with Gasteiger partial charge in [0.15, 0.2) is 0 Å². The molecule has 0 radical (unpaired) electrons. The van der Waals surface area contributed by atoms with Crippen molar-refractivity contribution in [3.8, 4) is 5.75 Å². The van der Waals surface area contributed by atoms with E-state index in [1.165, 1.54) is 16.3 Å². The van der Waals surface area contributed by atoms with E-state index in [1.54, 1.807) is 31.4 Å². The lowest BCUT2D eigenvalue weighted by molar-refractivity contribution is 0.0716. The molecule has 0 bridgehead atoms. The van der Waals surface area contributed by atoms with Crippen LogP contribution in [0.15, 0.2) is 71.1 Å². The van der Waals surface area contributed by atoms with Gasteiger partial charge in [-0.2, -0.15) is 5.10 Å². The number of nitrogens with one attached hydrogen (secondary N) is 1. The molecule has 2 heterocycles. The van der Waals surface area contributed by atoms with Gasteiger partial charge in [-0.05, 0) is 46.8 Å². The molecule has 31 heavy (non-hydrogen) atoms. The van der Waals surface area contributed by atoms with E-state index in [0.29, 0.717) is 22.7 Å². The van der Waals surface area contributed by atoms with Crippen LogP contribution < -0.4 is 9.46 Å². The summed E-state index contributed by atoms with van der Waals surface area (Å²) < 4.78 is 30.9. The zero-order chi connectivity index (χ0) is 22.0. The molecule has 1 aromatic heterocycles. The van der Waals surface area contributed by atoms with Crippen LogP contribution in [0.1, 0.15) is 33.3 Å². The van der Waals surface area contributed by atoms with E-state index in [4.69, 9.17) is 4.74 Å². The van der Waals surface area contributed by atoms with Crippen LogP contribution in [0.3, 0.4) is 0 Å². The fourth-order valence-corrected chi connectivity index (χ4v) is 4.66. The maximum Gasteiger partial charge on any atom is 0.284 e. The highest BCUT2D eigenvalue weighted by molar-refractivity contribution is 7.92. The van der Waals surface area contributed by atoms with Crippen LogP contribution in [0, 0.1) is 0 Å². The molecule has 1 aliphatic heterocycles. The average molecular weight is 456 g/mol. The highest BCUT2D eigenvalue weighted by atomic mass is 32.2. The van der Waals surface area contributed by atoms with E-state index in [0.717, 1.165) is 23.1 Å². The van der Waals surface area contributed by atoms with Gasteiger partial charge in [-0.3, -0.25) is 9.52 Å². The largest absolute Gasteiger partial charge is 0.497 e. The summed E-state index contributed by atoms with van der Waals surface area (Å²) in [7, 11) is -1.79. The number of thiophene rings is 1. The molecule has 3 aromatic rings. The van der Waals surface area contributed by atoms with Gasteiger partial charge >= 0.3 is 0 Å². The number of hydrogen-bond donors (Lipinski definition) is 1. The number of carbonyl (C=O) groups excluding carboxylic acids is 1. The first kappa shape index (κ1) is 21.1. The first-order chi connectivity index (χ1) is 14.8. The number of hydrogen-bond acceptors (Lipinski definition) is 6. The predicted molar refractivity (Wildman–Crippen MR) is 122 cm³/mol. The summed E-state index contributed by atoms with van der Waals surface area (Å²) >= 11 is 1.37. The zero-order valence-electron chi connectivity index (χ0n) is 17.0. The van der Waals surface area contributed by atoms with Crippen molar-refractivity contribution >= 4 is 38.7 Å². The van der Waals surface area contributed by atoms with E-state index in [2.05, 4.69) is 9.82 Å². The van der Waals surface area contributed by atoms with Gasteiger partial charge < -0.3 is 4.74 Å².